The van der Waals surface area contributed by atoms with Crippen LogP contribution in [0, 0.1) is 0 Å². The van der Waals surface area contributed by atoms with Crippen LogP contribution in [0.2, 0.25) is 0 Å². The molecule has 0 saturated carbocycles. The van der Waals surface area contributed by atoms with E-state index in [1.807, 2.05) is 29.5 Å². The van der Waals surface area contributed by atoms with Crippen LogP contribution in [0.25, 0.3) is 0 Å². The lowest BCUT2D eigenvalue weighted by molar-refractivity contribution is 0.206. The van der Waals surface area contributed by atoms with Crippen LogP contribution in [-0.2, 0) is 23.0 Å². The number of sulfonamides is 1. The van der Waals surface area contributed by atoms with Crippen LogP contribution in [0.5, 0.6) is 0 Å². The van der Waals surface area contributed by atoms with Crippen LogP contribution in [0.1, 0.15) is 27.6 Å². The summed E-state index contributed by atoms with van der Waals surface area (Å²) >= 11 is 1.83. The molecule has 4 nitrogen and oxygen atoms in total. The standard InChI is InChI=1S/C22H24N2O2S2/c1-23(2)28(25,26)19-10-6-7-17(15-19)16-24-13-11-21-20(12-14-27-21)22(24)18-8-4-3-5-9-18/h3-10,12,14-15,22H,11,13,16H2,1-2H3. The SMILES string of the molecule is CN(C)S(=O)(=O)c1cccc(CN2CCc3sccc3C2c2ccccc2)c1. The van der Waals surface area contributed by atoms with E-state index >= 15 is 0 Å². The zero-order valence-corrected chi connectivity index (χ0v) is 17.7. The van der Waals surface area contributed by atoms with Crippen molar-refractivity contribution >= 4 is 21.4 Å². The van der Waals surface area contributed by atoms with Crippen molar-refractivity contribution in [2.75, 3.05) is 20.6 Å². The Hall–Kier alpha value is -1.99. The normalized spacial score (nSPS) is 17.6. The van der Waals surface area contributed by atoms with Crippen molar-refractivity contribution < 1.29 is 8.42 Å². The van der Waals surface area contributed by atoms with Crippen molar-refractivity contribution in [2.24, 2.45) is 0 Å². The van der Waals surface area contributed by atoms with Gasteiger partial charge in [-0.3, -0.25) is 4.90 Å². The van der Waals surface area contributed by atoms with Gasteiger partial charge in [-0.15, -0.1) is 11.3 Å². The number of rotatable bonds is 5. The smallest absolute Gasteiger partial charge is 0.242 e. The molecule has 0 fully saturated rings. The van der Waals surface area contributed by atoms with E-state index in [2.05, 4.69) is 40.6 Å². The third-order valence-corrected chi connectivity index (χ3v) is 8.05. The number of benzene rings is 2. The first-order chi connectivity index (χ1) is 13.5. The molecule has 0 aliphatic carbocycles. The number of fused-ring (bicyclic) bond motifs is 1. The molecule has 4 rings (SSSR count). The highest BCUT2D eigenvalue weighted by Crippen LogP contribution is 2.38. The first-order valence-corrected chi connectivity index (χ1v) is 11.7. The van der Waals surface area contributed by atoms with Gasteiger partial charge in [-0.1, -0.05) is 42.5 Å². The van der Waals surface area contributed by atoms with Gasteiger partial charge in [0.25, 0.3) is 0 Å². The molecule has 1 aliphatic rings. The maximum atomic E-state index is 12.5. The van der Waals surface area contributed by atoms with Gasteiger partial charge in [-0.05, 0) is 46.7 Å². The van der Waals surface area contributed by atoms with Crippen molar-refractivity contribution in [1.82, 2.24) is 9.21 Å². The van der Waals surface area contributed by atoms with Crippen molar-refractivity contribution in [1.29, 1.82) is 0 Å². The maximum absolute atomic E-state index is 12.5. The molecule has 0 spiro atoms. The Morgan fingerprint density at radius 2 is 1.86 bits per heavy atom. The average Bonchev–Trinajstić information content (AvgIpc) is 3.17. The van der Waals surface area contributed by atoms with Crippen LogP contribution in [0.15, 0.2) is 70.9 Å². The van der Waals surface area contributed by atoms with E-state index in [-0.39, 0.29) is 6.04 Å². The molecule has 0 saturated heterocycles. The lowest BCUT2D eigenvalue weighted by Gasteiger charge is -2.36. The van der Waals surface area contributed by atoms with E-state index in [0.29, 0.717) is 11.4 Å². The minimum Gasteiger partial charge on any atom is -0.288 e. The Balaban J connectivity index is 1.68. The second-order valence-corrected chi connectivity index (χ2v) is 10.4. The molecule has 1 aromatic heterocycles. The zero-order chi connectivity index (χ0) is 19.7. The molecule has 0 amide bonds. The fourth-order valence-electron chi connectivity index (χ4n) is 3.81. The molecule has 0 radical (unpaired) electrons. The molecule has 6 heteroatoms. The summed E-state index contributed by atoms with van der Waals surface area (Å²) in [4.78, 5) is 4.25. The molecule has 1 unspecified atom stereocenters. The van der Waals surface area contributed by atoms with Crippen LogP contribution < -0.4 is 0 Å². The summed E-state index contributed by atoms with van der Waals surface area (Å²) in [5.74, 6) is 0. The van der Waals surface area contributed by atoms with Gasteiger partial charge in [0.1, 0.15) is 0 Å². The third-order valence-electron chi connectivity index (χ3n) is 5.24. The van der Waals surface area contributed by atoms with Crippen LogP contribution in [0.3, 0.4) is 0 Å². The summed E-state index contributed by atoms with van der Waals surface area (Å²) in [6.45, 7) is 1.67. The van der Waals surface area contributed by atoms with E-state index in [4.69, 9.17) is 0 Å². The van der Waals surface area contributed by atoms with Crippen LogP contribution >= 0.6 is 11.3 Å². The second kappa shape index (κ2) is 7.79. The van der Waals surface area contributed by atoms with E-state index in [9.17, 15) is 8.42 Å². The molecular weight excluding hydrogens is 388 g/mol. The van der Waals surface area contributed by atoms with Crippen molar-refractivity contribution in [2.45, 2.75) is 23.9 Å². The first kappa shape index (κ1) is 19.3. The summed E-state index contributed by atoms with van der Waals surface area (Å²) in [6, 6.07) is 20.3. The lowest BCUT2D eigenvalue weighted by atomic mass is 9.93. The minimum atomic E-state index is -3.43. The highest BCUT2D eigenvalue weighted by molar-refractivity contribution is 7.89. The van der Waals surface area contributed by atoms with E-state index < -0.39 is 10.0 Å². The molecule has 28 heavy (non-hydrogen) atoms. The monoisotopic (exact) mass is 412 g/mol. The van der Waals surface area contributed by atoms with Crippen LogP contribution in [0.4, 0.5) is 0 Å². The summed E-state index contributed by atoms with van der Waals surface area (Å²) in [7, 11) is -0.298. The van der Waals surface area contributed by atoms with E-state index in [0.717, 1.165) is 18.5 Å². The molecule has 0 N–H and O–H groups in total. The Bertz CT molecular complexity index is 1060. The number of hydrogen-bond donors (Lipinski definition) is 0. The van der Waals surface area contributed by atoms with Gasteiger partial charge in [0.15, 0.2) is 0 Å². The van der Waals surface area contributed by atoms with Gasteiger partial charge in [0.05, 0.1) is 10.9 Å². The molecular formula is C22H24N2O2S2. The molecule has 3 aromatic rings. The van der Waals surface area contributed by atoms with Crippen molar-refractivity contribution in [3.63, 3.8) is 0 Å². The number of thiophene rings is 1. The lowest BCUT2D eigenvalue weighted by Crippen LogP contribution is -2.35. The second-order valence-electron chi connectivity index (χ2n) is 7.27. The molecule has 1 aliphatic heterocycles. The highest BCUT2D eigenvalue weighted by Gasteiger charge is 2.29. The summed E-state index contributed by atoms with van der Waals surface area (Å²) in [5, 5.41) is 2.17. The Kier molecular flexibility index (Phi) is 5.38. The van der Waals surface area contributed by atoms with E-state index in [1.165, 1.54) is 20.3 Å². The third kappa shape index (κ3) is 3.65. The molecule has 2 heterocycles. The summed E-state index contributed by atoms with van der Waals surface area (Å²) < 4.78 is 26.3. The molecule has 1 atom stereocenters. The van der Waals surface area contributed by atoms with Crippen molar-refractivity contribution in [3.05, 3.63) is 87.6 Å². The molecule has 2 aromatic carbocycles. The Labute approximate surface area is 171 Å². The number of nitrogens with zero attached hydrogens (tertiary/aromatic N) is 2. The summed E-state index contributed by atoms with van der Waals surface area (Å²) in [6.07, 6.45) is 1.03. The van der Waals surface area contributed by atoms with Gasteiger partial charge in [0.2, 0.25) is 10.0 Å². The predicted molar refractivity (Wildman–Crippen MR) is 114 cm³/mol. The zero-order valence-electron chi connectivity index (χ0n) is 16.1. The molecule has 0 bridgehead atoms. The first-order valence-electron chi connectivity index (χ1n) is 9.33. The quantitative estimate of drug-likeness (QED) is 0.632. The van der Waals surface area contributed by atoms with E-state index in [1.54, 1.807) is 26.2 Å². The Morgan fingerprint density at radius 1 is 1.07 bits per heavy atom. The molecule has 146 valence electrons. The van der Waals surface area contributed by atoms with Gasteiger partial charge in [0, 0.05) is 32.1 Å². The fraction of sp³-hybridized carbons (Fsp3) is 0.273. The Morgan fingerprint density at radius 3 is 2.61 bits per heavy atom. The maximum Gasteiger partial charge on any atom is 0.242 e. The fourth-order valence-corrected chi connectivity index (χ4v) is 5.69. The van der Waals surface area contributed by atoms with Gasteiger partial charge < -0.3 is 0 Å². The van der Waals surface area contributed by atoms with Gasteiger partial charge in [-0.2, -0.15) is 0 Å². The highest BCUT2D eigenvalue weighted by atomic mass is 32.2. The van der Waals surface area contributed by atoms with Gasteiger partial charge in [-0.25, -0.2) is 12.7 Å². The number of hydrogen-bond acceptors (Lipinski definition) is 4. The minimum absolute atomic E-state index is 0.199. The topological polar surface area (TPSA) is 40.6 Å². The summed E-state index contributed by atoms with van der Waals surface area (Å²) in [5.41, 5.74) is 3.67. The predicted octanol–water partition coefficient (Wildman–Crippen LogP) is 4.15. The van der Waals surface area contributed by atoms with Crippen LogP contribution in [-0.4, -0.2) is 38.3 Å². The largest absolute Gasteiger partial charge is 0.288 e. The van der Waals surface area contributed by atoms with Crippen molar-refractivity contribution in [3.8, 4) is 0 Å². The average molecular weight is 413 g/mol. The van der Waals surface area contributed by atoms with Gasteiger partial charge >= 0.3 is 0 Å².